The van der Waals surface area contributed by atoms with E-state index in [1.54, 1.807) is 6.92 Å². The zero-order chi connectivity index (χ0) is 16.9. The van der Waals surface area contributed by atoms with Crippen LogP contribution in [0.2, 0.25) is 0 Å². The first-order valence-electron chi connectivity index (χ1n) is 8.60. The lowest BCUT2D eigenvalue weighted by atomic mass is 9.95. The zero-order valence-electron chi connectivity index (χ0n) is 14.3. The van der Waals surface area contributed by atoms with Crippen LogP contribution in [0.15, 0.2) is 30.3 Å². The van der Waals surface area contributed by atoms with Crippen LogP contribution in [-0.4, -0.2) is 21.8 Å². The van der Waals surface area contributed by atoms with Crippen molar-refractivity contribution in [3.8, 4) is 0 Å². The highest BCUT2D eigenvalue weighted by atomic mass is 16.1. The molecule has 1 fully saturated rings. The van der Waals surface area contributed by atoms with Crippen molar-refractivity contribution in [1.82, 2.24) is 9.97 Å². The molecular weight excluding hydrogens is 300 g/mol. The molecule has 1 aromatic carbocycles. The molecule has 0 spiro atoms. The number of hydrogen-bond donors (Lipinski definition) is 2. The highest BCUT2D eigenvalue weighted by molar-refractivity contribution is 5.94. The highest BCUT2D eigenvalue weighted by Crippen LogP contribution is 2.23. The van der Waals surface area contributed by atoms with Crippen molar-refractivity contribution in [1.29, 1.82) is 0 Å². The van der Waals surface area contributed by atoms with Crippen molar-refractivity contribution >= 4 is 23.1 Å². The number of aryl methyl sites for hydroxylation is 1. The number of aromatic nitrogens is 2. The Morgan fingerprint density at radius 1 is 1.04 bits per heavy atom. The van der Waals surface area contributed by atoms with E-state index in [9.17, 15) is 4.79 Å². The van der Waals surface area contributed by atoms with Gasteiger partial charge in [0.25, 0.3) is 0 Å². The normalized spacial score (nSPS) is 15.1. The van der Waals surface area contributed by atoms with Crippen molar-refractivity contribution in [2.75, 3.05) is 10.6 Å². The third-order valence-electron chi connectivity index (χ3n) is 4.36. The zero-order valence-corrected chi connectivity index (χ0v) is 14.3. The van der Waals surface area contributed by atoms with E-state index < -0.39 is 0 Å². The van der Waals surface area contributed by atoms with E-state index in [1.165, 1.54) is 32.1 Å². The Morgan fingerprint density at radius 2 is 1.71 bits per heavy atom. The number of benzene rings is 1. The Kier molecular flexibility index (Phi) is 5.08. The van der Waals surface area contributed by atoms with Crippen LogP contribution >= 0.6 is 0 Å². The topological polar surface area (TPSA) is 66.9 Å². The minimum absolute atomic E-state index is 0.0680. The Bertz CT molecular complexity index is 706. The molecule has 0 aliphatic heterocycles. The molecule has 5 nitrogen and oxygen atoms in total. The molecule has 1 aromatic heterocycles. The second kappa shape index (κ2) is 7.43. The first kappa shape index (κ1) is 16.4. The molecule has 24 heavy (non-hydrogen) atoms. The van der Waals surface area contributed by atoms with E-state index in [-0.39, 0.29) is 5.78 Å². The van der Waals surface area contributed by atoms with Gasteiger partial charge in [0.05, 0.1) is 0 Å². The smallest absolute Gasteiger partial charge is 0.159 e. The first-order valence-corrected chi connectivity index (χ1v) is 8.60. The van der Waals surface area contributed by atoms with Gasteiger partial charge in [-0.15, -0.1) is 0 Å². The third-order valence-corrected chi connectivity index (χ3v) is 4.36. The van der Waals surface area contributed by atoms with E-state index in [0.717, 1.165) is 23.1 Å². The van der Waals surface area contributed by atoms with E-state index in [1.807, 2.05) is 37.3 Å². The Labute approximate surface area is 142 Å². The van der Waals surface area contributed by atoms with Gasteiger partial charge in [-0.3, -0.25) is 4.79 Å². The first-order chi connectivity index (χ1) is 11.6. The van der Waals surface area contributed by atoms with E-state index >= 15 is 0 Å². The molecule has 0 unspecified atom stereocenters. The number of nitrogens with zero attached hydrogens (tertiary/aromatic N) is 2. The van der Waals surface area contributed by atoms with Crippen LogP contribution in [0.1, 0.15) is 55.2 Å². The predicted molar refractivity (Wildman–Crippen MR) is 97.0 cm³/mol. The molecule has 2 N–H and O–H groups in total. The number of ketones is 1. The van der Waals surface area contributed by atoms with Crippen molar-refractivity contribution in [3.05, 3.63) is 41.7 Å². The number of rotatable bonds is 5. The summed E-state index contributed by atoms with van der Waals surface area (Å²) >= 11 is 0. The lowest BCUT2D eigenvalue weighted by molar-refractivity contribution is 0.101. The number of hydrogen-bond acceptors (Lipinski definition) is 5. The van der Waals surface area contributed by atoms with Gasteiger partial charge in [0.1, 0.15) is 17.5 Å². The molecule has 1 aliphatic carbocycles. The second-order valence-corrected chi connectivity index (χ2v) is 6.42. The molecule has 2 aromatic rings. The maximum Gasteiger partial charge on any atom is 0.159 e. The number of anilines is 3. The summed E-state index contributed by atoms with van der Waals surface area (Å²) in [6.07, 6.45) is 6.32. The van der Waals surface area contributed by atoms with Crippen LogP contribution < -0.4 is 10.6 Å². The van der Waals surface area contributed by atoms with Crippen LogP contribution in [0, 0.1) is 6.92 Å². The van der Waals surface area contributed by atoms with Gasteiger partial charge in [0, 0.05) is 23.4 Å². The quantitative estimate of drug-likeness (QED) is 0.794. The maximum absolute atomic E-state index is 11.3. The van der Waals surface area contributed by atoms with Gasteiger partial charge in [-0.2, -0.15) is 0 Å². The summed E-state index contributed by atoms with van der Waals surface area (Å²) in [7, 11) is 0. The SMILES string of the molecule is CC(=O)c1ccc(Nc2cc(NC3CCCCC3)nc(C)n2)cc1. The minimum atomic E-state index is 0.0680. The summed E-state index contributed by atoms with van der Waals surface area (Å²) in [4.78, 5) is 20.3. The molecular formula is C19H24N4O. The number of carbonyl (C=O) groups is 1. The van der Waals surface area contributed by atoms with Crippen molar-refractivity contribution in [2.24, 2.45) is 0 Å². The van der Waals surface area contributed by atoms with Gasteiger partial charge in [0.15, 0.2) is 5.78 Å². The average molecular weight is 324 g/mol. The molecule has 0 atom stereocenters. The van der Waals surface area contributed by atoms with Gasteiger partial charge in [-0.1, -0.05) is 19.3 Å². The fourth-order valence-electron chi connectivity index (χ4n) is 3.10. The van der Waals surface area contributed by atoms with E-state index in [4.69, 9.17) is 0 Å². The fourth-order valence-corrected chi connectivity index (χ4v) is 3.10. The monoisotopic (exact) mass is 324 g/mol. The van der Waals surface area contributed by atoms with Gasteiger partial charge >= 0.3 is 0 Å². The predicted octanol–water partition coefficient (Wildman–Crippen LogP) is 4.48. The summed E-state index contributed by atoms with van der Waals surface area (Å²) in [6.45, 7) is 3.47. The van der Waals surface area contributed by atoms with E-state index in [2.05, 4.69) is 20.6 Å². The molecule has 0 radical (unpaired) electrons. The summed E-state index contributed by atoms with van der Waals surface area (Å²) in [5.41, 5.74) is 1.61. The van der Waals surface area contributed by atoms with Gasteiger partial charge in [-0.05, 0) is 51.0 Å². The average Bonchev–Trinajstić information content (AvgIpc) is 2.55. The number of Topliss-reactive ketones (excluding diaryl/α,β-unsaturated/α-hetero) is 1. The van der Waals surface area contributed by atoms with Crippen LogP contribution in [-0.2, 0) is 0 Å². The Balaban J connectivity index is 1.71. The Morgan fingerprint density at radius 3 is 2.38 bits per heavy atom. The standard InChI is InChI=1S/C19H24N4O/c1-13(24)15-8-10-17(11-9-15)23-19-12-18(20-14(2)21-19)22-16-6-4-3-5-7-16/h8-12,16H,3-7H2,1-2H3,(H2,20,21,22,23). The number of nitrogens with one attached hydrogen (secondary N) is 2. The van der Waals surface area contributed by atoms with Crippen molar-refractivity contribution in [2.45, 2.75) is 52.0 Å². The molecule has 0 bridgehead atoms. The van der Waals surface area contributed by atoms with Gasteiger partial charge in [0.2, 0.25) is 0 Å². The molecule has 0 saturated heterocycles. The molecule has 1 saturated carbocycles. The van der Waals surface area contributed by atoms with Gasteiger partial charge in [-0.25, -0.2) is 9.97 Å². The number of carbonyl (C=O) groups excluding carboxylic acids is 1. The molecule has 1 heterocycles. The van der Waals surface area contributed by atoms with Crippen LogP contribution in [0.3, 0.4) is 0 Å². The molecule has 126 valence electrons. The molecule has 1 aliphatic rings. The Hall–Kier alpha value is -2.43. The molecule has 3 rings (SSSR count). The minimum Gasteiger partial charge on any atom is -0.367 e. The second-order valence-electron chi connectivity index (χ2n) is 6.42. The molecule has 5 heteroatoms. The van der Waals surface area contributed by atoms with Crippen LogP contribution in [0.5, 0.6) is 0 Å². The largest absolute Gasteiger partial charge is 0.367 e. The van der Waals surface area contributed by atoms with E-state index in [0.29, 0.717) is 11.6 Å². The maximum atomic E-state index is 11.3. The lowest BCUT2D eigenvalue weighted by Crippen LogP contribution is -2.23. The summed E-state index contributed by atoms with van der Waals surface area (Å²) < 4.78 is 0. The van der Waals surface area contributed by atoms with Crippen molar-refractivity contribution < 1.29 is 4.79 Å². The summed E-state index contributed by atoms with van der Waals surface area (Å²) in [5.74, 6) is 2.44. The van der Waals surface area contributed by atoms with Gasteiger partial charge < -0.3 is 10.6 Å². The van der Waals surface area contributed by atoms with Crippen LogP contribution in [0.25, 0.3) is 0 Å². The fraction of sp³-hybridized carbons (Fsp3) is 0.421. The summed E-state index contributed by atoms with van der Waals surface area (Å²) in [6, 6.07) is 9.88. The summed E-state index contributed by atoms with van der Waals surface area (Å²) in [5, 5.41) is 6.82. The highest BCUT2D eigenvalue weighted by Gasteiger charge is 2.14. The van der Waals surface area contributed by atoms with Crippen molar-refractivity contribution in [3.63, 3.8) is 0 Å². The third kappa shape index (κ3) is 4.31. The van der Waals surface area contributed by atoms with Crippen LogP contribution in [0.4, 0.5) is 17.3 Å². The molecule has 0 amide bonds. The lowest BCUT2D eigenvalue weighted by Gasteiger charge is -2.23.